The van der Waals surface area contributed by atoms with Gasteiger partial charge in [0, 0.05) is 12.8 Å². The molecule has 0 unspecified atom stereocenters. The Bertz CT molecular complexity index is 278. The first-order valence-corrected chi connectivity index (χ1v) is 4.89. The Morgan fingerprint density at radius 1 is 1.36 bits per heavy atom. The molecule has 0 aromatic heterocycles. The highest BCUT2D eigenvalue weighted by Gasteiger charge is 2.36. The van der Waals surface area contributed by atoms with Crippen molar-refractivity contribution in [3.05, 3.63) is 0 Å². The summed E-state index contributed by atoms with van der Waals surface area (Å²) in [6.07, 6.45) is 0.212. The maximum absolute atomic E-state index is 11.3. The van der Waals surface area contributed by atoms with E-state index in [0.29, 0.717) is 5.06 Å². The van der Waals surface area contributed by atoms with Gasteiger partial charge in [0.2, 0.25) is 0 Å². The number of nitrogens with zero attached hydrogens (tertiary/aromatic N) is 1. The van der Waals surface area contributed by atoms with E-state index in [1.54, 1.807) is 13.8 Å². The highest BCUT2D eigenvalue weighted by atomic mass is 79.9. The number of hydrogen-bond acceptors (Lipinski definition) is 4. The molecule has 1 heterocycles. The van der Waals surface area contributed by atoms with Gasteiger partial charge in [-0.1, -0.05) is 15.9 Å². The van der Waals surface area contributed by atoms with Crippen LogP contribution in [0.15, 0.2) is 0 Å². The van der Waals surface area contributed by atoms with Crippen LogP contribution in [-0.2, 0) is 19.2 Å². The highest BCUT2D eigenvalue weighted by Crippen LogP contribution is 2.20. The first kappa shape index (κ1) is 11.2. The van der Waals surface area contributed by atoms with E-state index < -0.39 is 22.1 Å². The van der Waals surface area contributed by atoms with Gasteiger partial charge in [-0.15, -0.1) is 5.06 Å². The van der Waals surface area contributed by atoms with E-state index in [1.165, 1.54) is 0 Å². The normalized spacial score (nSPS) is 17.5. The molecule has 1 fully saturated rings. The minimum absolute atomic E-state index is 0.106. The lowest BCUT2D eigenvalue weighted by atomic mass is 10.2. The van der Waals surface area contributed by atoms with Gasteiger partial charge in [-0.05, 0) is 13.8 Å². The second kappa shape index (κ2) is 3.68. The molecule has 6 heteroatoms. The molecule has 14 heavy (non-hydrogen) atoms. The lowest BCUT2D eigenvalue weighted by molar-refractivity contribution is -0.198. The van der Waals surface area contributed by atoms with Gasteiger partial charge in [-0.3, -0.25) is 9.59 Å². The van der Waals surface area contributed by atoms with Crippen molar-refractivity contribution in [3.8, 4) is 0 Å². The fourth-order valence-corrected chi connectivity index (χ4v) is 0.922. The first-order valence-electron chi connectivity index (χ1n) is 4.09. The Hall–Kier alpha value is -0.910. The largest absolute Gasteiger partial charge is 0.349 e. The predicted octanol–water partition coefficient (Wildman–Crippen LogP) is 0.767. The lowest BCUT2D eigenvalue weighted by Gasteiger charge is -2.18. The maximum Gasteiger partial charge on any atom is 0.349 e. The van der Waals surface area contributed by atoms with Crippen LogP contribution < -0.4 is 0 Å². The molecule has 5 nitrogen and oxygen atoms in total. The van der Waals surface area contributed by atoms with Crippen LogP contribution in [0.2, 0.25) is 0 Å². The van der Waals surface area contributed by atoms with Crippen LogP contribution in [-0.4, -0.2) is 27.2 Å². The Morgan fingerprint density at radius 3 is 2.14 bits per heavy atom. The molecular weight excluding hydrogens is 254 g/mol. The fraction of sp³-hybridized carbons (Fsp3) is 0.625. The summed E-state index contributed by atoms with van der Waals surface area (Å²) in [5.74, 6) is -1.61. The fourth-order valence-electron chi connectivity index (χ4n) is 0.849. The summed E-state index contributed by atoms with van der Waals surface area (Å²) in [5.41, 5.74) is 0. The molecule has 78 valence electrons. The van der Waals surface area contributed by atoms with Crippen LogP contribution in [0.25, 0.3) is 0 Å². The van der Waals surface area contributed by atoms with Crippen molar-refractivity contribution in [2.45, 2.75) is 31.0 Å². The van der Waals surface area contributed by atoms with Crippen LogP contribution in [0.4, 0.5) is 0 Å². The van der Waals surface area contributed by atoms with Gasteiger partial charge in [0.25, 0.3) is 11.8 Å². The molecule has 1 saturated heterocycles. The second-order valence-corrected chi connectivity index (χ2v) is 5.42. The number of halogens is 1. The summed E-state index contributed by atoms with van der Waals surface area (Å²) in [7, 11) is 0. The zero-order chi connectivity index (χ0) is 10.9. The monoisotopic (exact) mass is 263 g/mol. The zero-order valence-electron chi connectivity index (χ0n) is 7.87. The summed E-state index contributed by atoms with van der Waals surface area (Å²) in [4.78, 5) is 38.1. The summed E-state index contributed by atoms with van der Waals surface area (Å²) >= 11 is 3.07. The minimum Gasteiger partial charge on any atom is -0.329 e. The molecule has 0 N–H and O–H groups in total. The van der Waals surface area contributed by atoms with Crippen molar-refractivity contribution < 1.29 is 19.2 Å². The number of amides is 2. The number of carbonyl (C=O) groups excluding carboxylic acids is 3. The molecule has 0 spiro atoms. The van der Waals surface area contributed by atoms with E-state index in [1.807, 2.05) is 0 Å². The van der Waals surface area contributed by atoms with E-state index in [4.69, 9.17) is 0 Å². The molecule has 1 aliphatic heterocycles. The van der Waals surface area contributed by atoms with Crippen molar-refractivity contribution in [3.63, 3.8) is 0 Å². The Labute approximate surface area is 89.5 Å². The number of imide groups is 1. The van der Waals surface area contributed by atoms with E-state index in [-0.39, 0.29) is 12.8 Å². The van der Waals surface area contributed by atoms with E-state index in [0.717, 1.165) is 0 Å². The summed E-state index contributed by atoms with van der Waals surface area (Å²) in [6.45, 7) is 3.14. The van der Waals surface area contributed by atoms with E-state index >= 15 is 0 Å². The molecule has 0 bridgehead atoms. The molecule has 0 aromatic carbocycles. The van der Waals surface area contributed by atoms with Crippen molar-refractivity contribution in [1.82, 2.24) is 5.06 Å². The smallest absolute Gasteiger partial charge is 0.329 e. The number of alkyl halides is 1. The molecule has 1 rings (SSSR count). The van der Waals surface area contributed by atoms with Crippen LogP contribution in [0, 0.1) is 0 Å². The molecule has 0 atom stereocenters. The molecule has 0 aliphatic carbocycles. The lowest BCUT2D eigenvalue weighted by Crippen LogP contribution is -2.38. The minimum atomic E-state index is -0.907. The molecule has 0 saturated carbocycles. The average molecular weight is 264 g/mol. The van der Waals surface area contributed by atoms with Crippen LogP contribution in [0.1, 0.15) is 26.7 Å². The van der Waals surface area contributed by atoms with Crippen LogP contribution in [0.3, 0.4) is 0 Å². The highest BCUT2D eigenvalue weighted by molar-refractivity contribution is 9.10. The van der Waals surface area contributed by atoms with Crippen molar-refractivity contribution in [2.24, 2.45) is 0 Å². The number of rotatable bonds is 2. The maximum atomic E-state index is 11.3. The van der Waals surface area contributed by atoms with Crippen LogP contribution >= 0.6 is 15.9 Å². The second-order valence-electron chi connectivity index (χ2n) is 3.43. The average Bonchev–Trinajstić information content (AvgIpc) is 2.34. The third-order valence-electron chi connectivity index (χ3n) is 1.67. The molecular formula is C8H10BrNO4. The molecule has 2 amide bonds. The summed E-state index contributed by atoms with van der Waals surface area (Å²) in [5, 5.41) is 0.533. The topological polar surface area (TPSA) is 63.7 Å². The van der Waals surface area contributed by atoms with Gasteiger partial charge in [0.1, 0.15) is 4.32 Å². The van der Waals surface area contributed by atoms with Gasteiger partial charge in [0.15, 0.2) is 0 Å². The SMILES string of the molecule is CC(C)(Br)C(=O)ON1C(=O)CCC1=O. The van der Waals surface area contributed by atoms with Crippen molar-refractivity contribution in [1.29, 1.82) is 0 Å². The standard InChI is InChI=1S/C8H10BrNO4/c1-8(2,9)7(13)14-10-5(11)3-4-6(10)12/h3-4H2,1-2H3. The quantitative estimate of drug-likeness (QED) is 0.545. The number of hydrogen-bond donors (Lipinski definition) is 0. The van der Waals surface area contributed by atoms with Gasteiger partial charge >= 0.3 is 5.97 Å². The molecule has 0 radical (unpaired) electrons. The van der Waals surface area contributed by atoms with Crippen molar-refractivity contribution in [2.75, 3.05) is 0 Å². The summed E-state index contributed by atoms with van der Waals surface area (Å²) in [6, 6.07) is 0. The number of carbonyl (C=O) groups is 3. The Balaban J connectivity index is 2.65. The van der Waals surface area contributed by atoms with Crippen molar-refractivity contribution >= 4 is 33.7 Å². The van der Waals surface area contributed by atoms with Crippen LogP contribution in [0.5, 0.6) is 0 Å². The third kappa shape index (κ3) is 2.31. The predicted molar refractivity (Wildman–Crippen MR) is 50.2 cm³/mol. The molecule has 1 aliphatic rings. The third-order valence-corrected chi connectivity index (χ3v) is 1.99. The molecule has 0 aromatic rings. The van der Waals surface area contributed by atoms with Gasteiger partial charge in [-0.25, -0.2) is 4.79 Å². The number of hydroxylamine groups is 2. The first-order chi connectivity index (χ1) is 6.32. The van der Waals surface area contributed by atoms with E-state index in [9.17, 15) is 14.4 Å². The Morgan fingerprint density at radius 2 is 1.79 bits per heavy atom. The zero-order valence-corrected chi connectivity index (χ0v) is 9.46. The van der Waals surface area contributed by atoms with E-state index in [2.05, 4.69) is 20.8 Å². The van der Waals surface area contributed by atoms with Gasteiger partial charge in [-0.2, -0.15) is 0 Å². The van der Waals surface area contributed by atoms with Gasteiger partial charge in [0.05, 0.1) is 0 Å². The summed E-state index contributed by atoms with van der Waals surface area (Å²) < 4.78 is -0.907. The Kier molecular flexibility index (Phi) is 2.94. The van der Waals surface area contributed by atoms with Gasteiger partial charge < -0.3 is 4.84 Å².